The lowest BCUT2D eigenvalue weighted by molar-refractivity contribution is 0.429. The third kappa shape index (κ3) is 2.38. The van der Waals surface area contributed by atoms with Crippen molar-refractivity contribution in [3.63, 3.8) is 0 Å². The number of rotatable bonds is 0. The van der Waals surface area contributed by atoms with Gasteiger partial charge in [-0.1, -0.05) is 30.9 Å². The molecule has 0 amide bonds. The number of allylic oxidation sites excluding steroid dienone is 3. The number of aliphatic hydroxyl groups excluding tert-OH is 1. The molecule has 0 saturated heterocycles. The van der Waals surface area contributed by atoms with Crippen LogP contribution in [-0.4, -0.2) is 10.1 Å². The Labute approximate surface area is 97.9 Å². The second kappa shape index (κ2) is 4.77. The molecular formula is C13H11NOS. The summed E-state index contributed by atoms with van der Waals surface area (Å²) in [4.78, 5) is 4.14. The van der Waals surface area contributed by atoms with Crippen LogP contribution in [-0.2, 0) is 0 Å². The van der Waals surface area contributed by atoms with Crippen molar-refractivity contribution in [2.45, 2.75) is 0 Å². The minimum atomic E-state index is 0.278. The summed E-state index contributed by atoms with van der Waals surface area (Å²) < 4.78 is 1.26. The van der Waals surface area contributed by atoms with Gasteiger partial charge in [0.25, 0.3) is 0 Å². The predicted molar refractivity (Wildman–Crippen MR) is 68.6 cm³/mol. The summed E-state index contributed by atoms with van der Waals surface area (Å²) in [5.74, 6) is 0.278. The van der Waals surface area contributed by atoms with Crippen LogP contribution in [0.3, 0.4) is 0 Å². The predicted octanol–water partition coefficient (Wildman–Crippen LogP) is 3.85. The molecule has 1 aromatic heterocycles. The maximum absolute atomic E-state index is 8.70. The molecular weight excluding hydrogens is 218 g/mol. The molecule has 0 saturated carbocycles. The van der Waals surface area contributed by atoms with E-state index in [9.17, 15) is 0 Å². The molecule has 1 N–H and O–H groups in total. The van der Waals surface area contributed by atoms with Gasteiger partial charge in [0.15, 0.2) is 0 Å². The topological polar surface area (TPSA) is 33.1 Å². The van der Waals surface area contributed by atoms with Gasteiger partial charge in [0, 0.05) is 5.57 Å². The molecule has 0 aliphatic heterocycles. The number of hydrogen-bond donors (Lipinski definition) is 1. The molecule has 1 aliphatic rings. The summed E-state index contributed by atoms with van der Waals surface area (Å²) in [6.45, 7) is 3.53. The van der Waals surface area contributed by atoms with Gasteiger partial charge in [-0.05, 0) is 18.2 Å². The summed E-state index contributed by atoms with van der Waals surface area (Å²) >= 11 is 1.68. The zero-order chi connectivity index (χ0) is 11.4. The van der Waals surface area contributed by atoms with Gasteiger partial charge in [-0.2, -0.15) is 0 Å². The molecule has 0 bridgehead atoms. The number of thiazole rings is 1. The van der Waals surface area contributed by atoms with Crippen molar-refractivity contribution in [1.29, 1.82) is 0 Å². The van der Waals surface area contributed by atoms with Crippen molar-refractivity contribution in [3.8, 4) is 0 Å². The van der Waals surface area contributed by atoms with Crippen LogP contribution < -0.4 is 0 Å². The van der Waals surface area contributed by atoms with Gasteiger partial charge in [0.1, 0.15) is 5.76 Å². The molecule has 2 nitrogen and oxygen atoms in total. The Kier molecular flexibility index (Phi) is 3.17. The number of para-hydroxylation sites is 1. The summed E-state index contributed by atoms with van der Waals surface area (Å²) in [7, 11) is 0. The molecule has 0 fully saturated rings. The molecule has 0 spiro atoms. The van der Waals surface area contributed by atoms with E-state index in [1.54, 1.807) is 29.6 Å². The largest absolute Gasteiger partial charge is 0.507 e. The average molecular weight is 229 g/mol. The Morgan fingerprint density at radius 2 is 2.06 bits per heavy atom. The first-order chi connectivity index (χ1) is 7.77. The molecule has 0 radical (unpaired) electrons. The summed E-state index contributed by atoms with van der Waals surface area (Å²) in [6, 6.07) is 8.13. The second-order valence-electron chi connectivity index (χ2n) is 3.26. The first-order valence-corrected chi connectivity index (χ1v) is 5.70. The van der Waals surface area contributed by atoms with Crippen LogP contribution in [0.2, 0.25) is 0 Å². The Balaban J connectivity index is 0.000000125. The van der Waals surface area contributed by atoms with Gasteiger partial charge in [0.2, 0.25) is 0 Å². The van der Waals surface area contributed by atoms with Crippen LogP contribution in [0, 0.1) is 0 Å². The SMILES string of the molecule is C=C1C=CC=C1O.c1ccc2scnc2c1. The van der Waals surface area contributed by atoms with E-state index in [4.69, 9.17) is 5.11 Å². The van der Waals surface area contributed by atoms with Crippen molar-refractivity contribution in [2.24, 2.45) is 0 Å². The monoisotopic (exact) mass is 229 g/mol. The van der Waals surface area contributed by atoms with Crippen LogP contribution in [0.4, 0.5) is 0 Å². The first-order valence-electron chi connectivity index (χ1n) is 4.82. The lowest BCUT2D eigenvalue weighted by Crippen LogP contribution is -1.73. The van der Waals surface area contributed by atoms with Crippen molar-refractivity contribution in [1.82, 2.24) is 4.98 Å². The van der Waals surface area contributed by atoms with Crippen molar-refractivity contribution >= 4 is 21.6 Å². The lowest BCUT2D eigenvalue weighted by atomic mass is 10.3. The molecule has 1 heterocycles. The van der Waals surface area contributed by atoms with Gasteiger partial charge in [-0.25, -0.2) is 4.98 Å². The summed E-state index contributed by atoms with van der Waals surface area (Å²) in [5, 5.41) is 8.70. The molecule has 16 heavy (non-hydrogen) atoms. The number of aromatic nitrogens is 1. The van der Waals surface area contributed by atoms with Gasteiger partial charge in [-0.3, -0.25) is 0 Å². The Morgan fingerprint density at radius 3 is 2.62 bits per heavy atom. The van der Waals surface area contributed by atoms with Crippen molar-refractivity contribution < 1.29 is 5.11 Å². The van der Waals surface area contributed by atoms with Crippen LogP contribution in [0.15, 0.2) is 65.9 Å². The number of fused-ring (bicyclic) bond motifs is 1. The van der Waals surface area contributed by atoms with E-state index >= 15 is 0 Å². The van der Waals surface area contributed by atoms with E-state index in [1.165, 1.54) is 4.70 Å². The Morgan fingerprint density at radius 1 is 1.25 bits per heavy atom. The quantitative estimate of drug-likeness (QED) is 0.744. The molecule has 2 aromatic rings. The molecule has 80 valence electrons. The van der Waals surface area contributed by atoms with Crippen LogP contribution in [0.25, 0.3) is 10.2 Å². The number of hydrogen-bond acceptors (Lipinski definition) is 3. The Hall–Kier alpha value is -1.87. The fourth-order valence-corrected chi connectivity index (χ4v) is 1.93. The first kappa shape index (κ1) is 10.6. The number of aliphatic hydroxyl groups is 1. The minimum Gasteiger partial charge on any atom is -0.507 e. The van der Waals surface area contributed by atoms with E-state index in [-0.39, 0.29) is 5.76 Å². The number of nitrogens with zero attached hydrogens (tertiary/aromatic N) is 1. The smallest absolute Gasteiger partial charge is 0.122 e. The van der Waals surface area contributed by atoms with Gasteiger partial charge in [0.05, 0.1) is 15.7 Å². The zero-order valence-corrected chi connectivity index (χ0v) is 9.45. The second-order valence-corrected chi connectivity index (χ2v) is 4.14. The van der Waals surface area contributed by atoms with Crippen LogP contribution in [0.1, 0.15) is 0 Å². The average Bonchev–Trinajstić information content (AvgIpc) is 2.89. The summed E-state index contributed by atoms with van der Waals surface area (Å²) in [6.07, 6.45) is 5.13. The highest BCUT2D eigenvalue weighted by molar-refractivity contribution is 7.16. The maximum atomic E-state index is 8.70. The van der Waals surface area contributed by atoms with E-state index in [2.05, 4.69) is 17.6 Å². The highest BCUT2D eigenvalue weighted by Crippen LogP contribution is 2.15. The highest BCUT2D eigenvalue weighted by Gasteiger charge is 1.97. The van der Waals surface area contributed by atoms with E-state index in [0.717, 1.165) is 5.52 Å². The van der Waals surface area contributed by atoms with E-state index < -0.39 is 0 Å². The zero-order valence-electron chi connectivity index (χ0n) is 8.63. The molecule has 3 heteroatoms. The van der Waals surface area contributed by atoms with Gasteiger partial charge < -0.3 is 5.11 Å². The fraction of sp³-hybridized carbons (Fsp3) is 0. The minimum absolute atomic E-state index is 0.278. The lowest BCUT2D eigenvalue weighted by Gasteiger charge is -1.86. The molecule has 0 unspecified atom stereocenters. The highest BCUT2D eigenvalue weighted by atomic mass is 32.1. The van der Waals surface area contributed by atoms with E-state index in [0.29, 0.717) is 5.57 Å². The fourth-order valence-electron chi connectivity index (χ4n) is 1.25. The molecule has 0 atom stereocenters. The normalized spacial score (nSPS) is 13.5. The standard InChI is InChI=1S/C7H5NS.C6H6O/c1-2-4-7-6(3-1)8-5-9-7;1-5-3-2-4-6(5)7/h1-5H;2-4,7H,1H2. The van der Waals surface area contributed by atoms with Gasteiger partial charge in [-0.15, -0.1) is 11.3 Å². The van der Waals surface area contributed by atoms with Crippen molar-refractivity contribution in [3.05, 3.63) is 65.9 Å². The summed E-state index contributed by atoms with van der Waals surface area (Å²) in [5.41, 5.74) is 3.66. The molecule has 1 aliphatic carbocycles. The van der Waals surface area contributed by atoms with Crippen molar-refractivity contribution in [2.75, 3.05) is 0 Å². The Bertz CT molecular complexity index is 536. The van der Waals surface area contributed by atoms with E-state index in [1.807, 2.05) is 23.7 Å². The molecule has 1 aromatic carbocycles. The molecule has 3 rings (SSSR count). The van der Waals surface area contributed by atoms with Crippen LogP contribution >= 0.6 is 11.3 Å². The maximum Gasteiger partial charge on any atom is 0.122 e. The van der Waals surface area contributed by atoms with Crippen LogP contribution in [0.5, 0.6) is 0 Å². The number of benzene rings is 1. The third-order valence-corrected chi connectivity index (χ3v) is 2.93. The van der Waals surface area contributed by atoms with Gasteiger partial charge >= 0.3 is 0 Å². The third-order valence-electron chi connectivity index (χ3n) is 2.12.